The molecule has 0 atom stereocenters. The molecule has 186 valence electrons. The molecule has 1 N–H and O–H groups in total. The summed E-state index contributed by atoms with van der Waals surface area (Å²) in [7, 11) is -0.906. The number of hydrogen-bond acceptors (Lipinski definition) is 7. The van der Waals surface area contributed by atoms with Crippen LogP contribution in [0.4, 0.5) is 5.69 Å². The maximum Gasteiger partial charge on any atom is 0.333 e. The normalized spacial score (nSPS) is 14.6. The fourth-order valence-electron chi connectivity index (χ4n) is 4.35. The molecule has 2 aromatic heterocycles. The molecule has 35 heavy (non-hydrogen) atoms. The Morgan fingerprint density at radius 3 is 2.54 bits per heavy atom. The lowest BCUT2D eigenvalue weighted by Gasteiger charge is -2.26. The van der Waals surface area contributed by atoms with Crippen LogP contribution in [0.15, 0.2) is 39.0 Å². The number of imidazole rings is 1. The SMILES string of the molecule is Cn1c(=O)c2c(nc(S(C)(=O)=O)n2C)n(CC#Cc2cccc(NCCN3CCCCC3)c2)c1=O. The van der Waals surface area contributed by atoms with Gasteiger partial charge in [-0.05, 0) is 44.1 Å². The van der Waals surface area contributed by atoms with Gasteiger partial charge in [-0.2, -0.15) is 4.98 Å². The number of piperidine rings is 1. The molecule has 0 radical (unpaired) electrons. The van der Waals surface area contributed by atoms with Crippen molar-refractivity contribution in [2.75, 3.05) is 37.8 Å². The topological polar surface area (TPSA) is 111 Å². The molecule has 0 aliphatic carbocycles. The largest absolute Gasteiger partial charge is 0.384 e. The zero-order valence-electron chi connectivity index (χ0n) is 20.2. The molecule has 0 saturated carbocycles. The van der Waals surface area contributed by atoms with Crippen LogP contribution in [-0.4, -0.2) is 64.4 Å². The fourth-order valence-corrected chi connectivity index (χ4v) is 5.19. The van der Waals surface area contributed by atoms with Gasteiger partial charge in [-0.15, -0.1) is 0 Å². The van der Waals surface area contributed by atoms with Crippen molar-refractivity contribution >= 4 is 26.7 Å². The van der Waals surface area contributed by atoms with E-state index in [4.69, 9.17) is 0 Å². The van der Waals surface area contributed by atoms with Crippen molar-refractivity contribution in [3.05, 3.63) is 50.7 Å². The van der Waals surface area contributed by atoms with Crippen molar-refractivity contribution in [1.29, 1.82) is 0 Å². The van der Waals surface area contributed by atoms with Gasteiger partial charge in [-0.1, -0.05) is 24.3 Å². The molecule has 11 heteroatoms. The highest BCUT2D eigenvalue weighted by Crippen LogP contribution is 2.14. The lowest BCUT2D eigenvalue weighted by atomic mass is 10.1. The number of hydrogen-bond donors (Lipinski definition) is 1. The third-order valence-corrected chi connectivity index (χ3v) is 7.21. The minimum Gasteiger partial charge on any atom is -0.384 e. The van der Waals surface area contributed by atoms with E-state index in [9.17, 15) is 18.0 Å². The second-order valence-electron chi connectivity index (χ2n) is 8.84. The Morgan fingerprint density at radius 2 is 1.83 bits per heavy atom. The number of aryl methyl sites for hydroxylation is 1. The van der Waals surface area contributed by atoms with Crippen LogP contribution >= 0.6 is 0 Å². The van der Waals surface area contributed by atoms with E-state index in [1.807, 2.05) is 24.3 Å². The molecule has 1 aromatic carbocycles. The molecule has 4 rings (SSSR count). The number of rotatable bonds is 6. The Hall–Kier alpha value is -3.36. The number of nitrogens with zero attached hydrogens (tertiary/aromatic N) is 5. The first-order chi connectivity index (χ1) is 16.7. The molecule has 0 amide bonds. The highest BCUT2D eigenvalue weighted by atomic mass is 32.2. The van der Waals surface area contributed by atoms with E-state index in [2.05, 4.69) is 27.0 Å². The zero-order valence-corrected chi connectivity index (χ0v) is 21.1. The van der Waals surface area contributed by atoms with Crippen LogP contribution in [0, 0.1) is 11.8 Å². The van der Waals surface area contributed by atoms with E-state index in [0.29, 0.717) is 0 Å². The molecule has 3 heterocycles. The van der Waals surface area contributed by atoms with Crippen LogP contribution in [0.25, 0.3) is 11.2 Å². The second-order valence-corrected chi connectivity index (χ2v) is 10.8. The number of nitrogens with one attached hydrogen (secondary N) is 1. The number of sulfone groups is 1. The lowest BCUT2D eigenvalue weighted by molar-refractivity contribution is 0.237. The van der Waals surface area contributed by atoms with Gasteiger partial charge in [0.15, 0.2) is 11.2 Å². The van der Waals surface area contributed by atoms with Crippen molar-refractivity contribution in [1.82, 2.24) is 23.6 Å². The third-order valence-electron chi connectivity index (χ3n) is 6.19. The Kier molecular flexibility index (Phi) is 7.14. The first-order valence-corrected chi connectivity index (χ1v) is 13.5. The molecule has 0 unspecified atom stereocenters. The number of benzene rings is 1. The van der Waals surface area contributed by atoms with Crippen molar-refractivity contribution in [2.45, 2.75) is 31.0 Å². The van der Waals surface area contributed by atoms with Crippen molar-refractivity contribution < 1.29 is 8.42 Å². The monoisotopic (exact) mass is 498 g/mol. The highest BCUT2D eigenvalue weighted by Gasteiger charge is 2.23. The Morgan fingerprint density at radius 1 is 1.09 bits per heavy atom. The summed E-state index contributed by atoms with van der Waals surface area (Å²) in [4.78, 5) is 32.0. The quantitative estimate of drug-likeness (QED) is 0.500. The lowest BCUT2D eigenvalue weighted by Crippen LogP contribution is -2.38. The summed E-state index contributed by atoms with van der Waals surface area (Å²) in [5, 5.41) is 3.16. The van der Waals surface area contributed by atoms with Crippen molar-refractivity contribution in [3.8, 4) is 11.8 Å². The van der Waals surface area contributed by atoms with Gasteiger partial charge >= 0.3 is 5.69 Å². The number of likely N-dealkylation sites (tertiary alicyclic amines) is 1. The molecular weight excluding hydrogens is 468 g/mol. The average Bonchev–Trinajstić information content (AvgIpc) is 3.18. The van der Waals surface area contributed by atoms with E-state index in [0.717, 1.165) is 48.3 Å². The molecule has 1 aliphatic heterocycles. The van der Waals surface area contributed by atoms with E-state index in [1.54, 1.807) is 0 Å². The number of anilines is 1. The summed E-state index contributed by atoms with van der Waals surface area (Å²) >= 11 is 0. The Labute approximate surface area is 204 Å². The summed E-state index contributed by atoms with van der Waals surface area (Å²) in [5.74, 6) is 6.01. The van der Waals surface area contributed by atoms with Crippen LogP contribution in [0.3, 0.4) is 0 Å². The first-order valence-electron chi connectivity index (χ1n) is 11.6. The van der Waals surface area contributed by atoms with Gasteiger partial charge in [0.2, 0.25) is 15.0 Å². The van der Waals surface area contributed by atoms with Crippen LogP contribution in [0.5, 0.6) is 0 Å². The standard InChI is InChI=1S/C24H30N6O4S/c1-27-20-21(26-23(27)35(3,33)34)30(24(32)28(2)22(20)31)15-8-10-18-9-7-11-19(17-18)25-12-16-29-13-5-4-6-14-29/h7,9,11,17,25H,4-6,12-16H2,1-3H3. The minimum absolute atomic E-state index is 0.00320. The van der Waals surface area contributed by atoms with Gasteiger partial charge < -0.3 is 14.8 Å². The Bertz CT molecular complexity index is 1530. The molecule has 1 aliphatic rings. The number of aromatic nitrogens is 4. The molecule has 0 bridgehead atoms. The predicted molar refractivity (Wildman–Crippen MR) is 135 cm³/mol. The maximum atomic E-state index is 12.8. The zero-order chi connectivity index (χ0) is 25.2. The van der Waals surface area contributed by atoms with E-state index < -0.39 is 21.1 Å². The summed E-state index contributed by atoms with van der Waals surface area (Å²) in [6.45, 7) is 4.13. The molecule has 10 nitrogen and oxygen atoms in total. The second kappa shape index (κ2) is 10.1. The minimum atomic E-state index is -3.70. The van der Waals surface area contributed by atoms with Gasteiger partial charge in [0.1, 0.15) is 0 Å². The number of fused-ring (bicyclic) bond motifs is 1. The summed E-state index contributed by atoms with van der Waals surface area (Å²) in [5.41, 5.74) is 0.570. The van der Waals surface area contributed by atoms with Gasteiger partial charge in [0.25, 0.3) is 5.56 Å². The molecule has 1 fully saturated rings. The smallest absolute Gasteiger partial charge is 0.333 e. The van der Waals surface area contributed by atoms with Crippen LogP contribution in [0.2, 0.25) is 0 Å². The van der Waals surface area contributed by atoms with Gasteiger partial charge in [0, 0.05) is 44.7 Å². The maximum absolute atomic E-state index is 12.8. The first kappa shape index (κ1) is 24.8. The van der Waals surface area contributed by atoms with Crippen molar-refractivity contribution in [2.24, 2.45) is 14.1 Å². The van der Waals surface area contributed by atoms with Gasteiger partial charge in [-0.25, -0.2) is 13.2 Å². The van der Waals surface area contributed by atoms with Gasteiger partial charge in [0.05, 0.1) is 6.54 Å². The fraction of sp³-hybridized carbons (Fsp3) is 0.458. The third kappa shape index (κ3) is 5.33. The van der Waals surface area contributed by atoms with Crippen LogP contribution in [-0.2, 0) is 30.5 Å². The summed E-state index contributed by atoms with van der Waals surface area (Å²) < 4.78 is 27.6. The molecular formula is C24H30N6O4S. The van der Waals surface area contributed by atoms with Crippen molar-refractivity contribution in [3.63, 3.8) is 0 Å². The summed E-state index contributed by atoms with van der Waals surface area (Å²) in [6.07, 6.45) is 4.86. The van der Waals surface area contributed by atoms with Gasteiger partial charge in [-0.3, -0.25) is 13.9 Å². The summed E-state index contributed by atoms with van der Waals surface area (Å²) in [6, 6.07) is 7.74. The van der Waals surface area contributed by atoms with E-state index >= 15 is 0 Å². The molecule has 3 aromatic rings. The predicted octanol–water partition coefficient (Wildman–Crippen LogP) is 0.787. The average molecular weight is 499 g/mol. The molecule has 0 spiro atoms. The van der Waals surface area contributed by atoms with Crippen LogP contribution < -0.4 is 16.6 Å². The Balaban J connectivity index is 1.55. The van der Waals surface area contributed by atoms with E-state index in [-0.39, 0.29) is 22.9 Å². The van der Waals surface area contributed by atoms with Crippen LogP contribution in [0.1, 0.15) is 24.8 Å². The van der Waals surface area contributed by atoms with E-state index in [1.165, 1.54) is 42.5 Å². The highest BCUT2D eigenvalue weighted by molar-refractivity contribution is 7.90. The molecule has 1 saturated heterocycles.